The van der Waals surface area contributed by atoms with E-state index in [9.17, 15) is 9.59 Å². The van der Waals surface area contributed by atoms with Crippen LogP contribution in [0.4, 0.5) is 5.69 Å². The number of hydrogen-bond acceptors (Lipinski definition) is 5. The number of rotatable bonds is 3. The lowest BCUT2D eigenvalue weighted by Gasteiger charge is -2.36. The topological polar surface area (TPSA) is 64.0 Å². The van der Waals surface area contributed by atoms with E-state index in [1.165, 1.54) is 0 Å². The molecule has 7 nitrogen and oxygen atoms in total. The number of aromatic nitrogens is 1. The van der Waals surface area contributed by atoms with Crippen LogP contribution in [-0.4, -0.2) is 54.8 Å². The Bertz CT molecular complexity index is 1250. The van der Waals surface area contributed by atoms with E-state index in [1.54, 1.807) is 30.3 Å². The van der Waals surface area contributed by atoms with Crippen LogP contribution in [0.5, 0.6) is 11.5 Å². The van der Waals surface area contributed by atoms with E-state index in [2.05, 4.69) is 4.90 Å². The largest absolute Gasteiger partial charge is 0.497 e. The van der Waals surface area contributed by atoms with Gasteiger partial charge in [-0.05, 0) is 43.3 Å². The summed E-state index contributed by atoms with van der Waals surface area (Å²) in [6.07, 6.45) is 1.60. The minimum atomic E-state index is -0.344. The Hall–Kier alpha value is -3.19. The fourth-order valence-corrected chi connectivity index (χ4v) is 4.75. The molecule has 166 valence electrons. The minimum Gasteiger partial charge on any atom is -0.497 e. The molecule has 0 aliphatic carbocycles. The molecule has 0 spiro atoms. The normalized spacial score (nSPS) is 17.9. The molecule has 1 fully saturated rings. The van der Waals surface area contributed by atoms with Gasteiger partial charge in [0.1, 0.15) is 23.2 Å². The Morgan fingerprint density at radius 1 is 1.09 bits per heavy atom. The Morgan fingerprint density at radius 3 is 2.50 bits per heavy atom. The number of pyridine rings is 1. The summed E-state index contributed by atoms with van der Waals surface area (Å²) in [6, 6.07) is 11.3. The molecule has 0 unspecified atom stereocenters. The van der Waals surface area contributed by atoms with Gasteiger partial charge in [0.25, 0.3) is 5.91 Å². The van der Waals surface area contributed by atoms with Gasteiger partial charge in [0.15, 0.2) is 0 Å². The first-order chi connectivity index (χ1) is 15.5. The first-order valence-electron chi connectivity index (χ1n) is 10.7. The average molecular weight is 454 g/mol. The first-order valence-corrected chi connectivity index (χ1v) is 11.0. The van der Waals surface area contributed by atoms with Crippen molar-refractivity contribution in [3.63, 3.8) is 0 Å². The van der Waals surface area contributed by atoms with Gasteiger partial charge in [-0.25, -0.2) is 0 Å². The van der Waals surface area contributed by atoms with Crippen molar-refractivity contribution in [2.75, 3.05) is 38.2 Å². The van der Waals surface area contributed by atoms with Crippen LogP contribution in [0, 0.1) is 0 Å². The van der Waals surface area contributed by atoms with E-state index < -0.39 is 0 Å². The molecule has 3 heterocycles. The maximum Gasteiger partial charge on any atom is 0.259 e. The first kappa shape index (κ1) is 20.7. The summed E-state index contributed by atoms with van der Waals surface area (Å²) < 4.78 is 13.0. The number of anilines is 1. The molecule has 1 amide bonds. The molecule has 5 rings (SSSR count). The molecular formula is C24H24ClN3O4. The lowest BCUT2D eigenvalue weighted by Crippen LogP contribution is -2.49. The van der Waals surface area contributed by atoms with Gasteiger partial charge >= 0.3 is 0 Å². The zero-order valence-corrected chi connectivity index (χ0v) is 18.8. The molecule has 1 saturated heterocycles. The van der Waals surface area contributed by atoms with E-state index in [1.807, 2.05) is 35.8 Å². The fourth-order valence-electron chi connectivity index (χ4n) is 4.52. The monoisotopic (exact) mass is 453 g/mol. The van der Waals surface area contributed by atoms with E-state index in [-0.39, 0.29) is 23.0 Å². The number of benzene rings is 2. The van der Waals surface area contributed by atoms with Crippen molar-refractivity contribution in [3.05, 3.63) is 63.4 Å². The van der Waals surface area contributed by atoms with Crippen LogP contribution in [0.1, 0.15) is 17.3 Å². The minimum absolute atomic E-state index is 0.0645. The number of amides is 1. The highest BCUT2D eigenvalue weighted by Crippen LogP contribution is 2.33. The molecule has 2 aliphatic rings. The number of piperazine rings is 1. The highest BCUT2D eigenvalue weighted by atomic mass is 35.5. The van der Waals surface area contributed by atoms with Crippen molar-refractivity contribution >= 4 is 34.1 Å². The van der Waals surface area contributed by atoms with E-state index >= 15 is 0 Å². The Morgan fingerprint density at radius 2 is 1.81 bits per heavy atom. The summed E-state index contributed by atoms with van der Waals surface area (Å²) in [5.74, 6) is 1.17. The molecule has 0 N–H and O–H groups in total. The number of carbonyl (C=O) groups is 1. The molecule has 32 heavy (non-hydrogen) atoms. The van der Waals surface area contributed by atoms with Gasteiger partial charge in [-0.3, -0.25) is 9.59 Å². The lowest BCUT2D eigenvalue weighted by atomic mass is 10.1. The maximum absolute atomic E-state index is 13.4. The van der Waals surface area contributed by atoms with Crippen LogP contribution >= 0.6 is 11.6 Å². The van der Waals surface area contributed by atoms with Crippen molar-refractivity contribution in [2.45, 2.75) is 19.6 Å². The molecule has 8 heteroatoms. The third-order valence-corrected chi connectivity index (χ3v) is 6.47. The summed E-state index contributed by atoms with van der Waals surface area (Å²) in [4.78, 5) is 30.6. The van der Waals surface area contributed by atoms with Gasteiger partial charge in [-0.15, -0.1) is 0 Å². The molecule has 3 aromatic rings. The highest BCUT2D eigenvalue weighted by molar-refractivity contribution is 6.35. The van der Waals surface area contributed by atoms with Crippen LogP contribution in [0.15, 0.2) is 47.4 Å². The number of nitrogens with zero attached hydrogens (tertiary/aromatic N) is 3. The van der Waals surface area contributed by atoms with Gasteiger partial charge in [-0.1, -0.05) is 11.6 Å². The Kier molecular flexibility index (Phi) is 5.21. The predicted molar refractivity (Wildman–Crippen MR) is 124 cm³/mol. The van der Waals surface area contributed by atoms with Crippen molar-refractivity contribution in [2.24, 2.45) is 0 Å². The molecule has 0 saturated carbocycles. The fraction of sp³-hybridized carbons (Fsp3) is 0.333. The van der Waals surface area contributed by atoms with Crippen molar-refractivity contribution in [1.29, 1.82) is 0 Å². The zero-order valence-electron chi connectivity index (χ0n) is 18.0. The summed E-state index contributed by atoms with van der Waals surface area (Å²) in [5, 5.41) is 0.679. The zero-order chi connectivity index (χ0) is 22.4. The van der Waals surface area contributed by atoms with Crippen molar-refractivity contribution in [3.8, 4) is 11.5 Å². The smallest absolute Gasteiger partial charge is 0.259 e. The highest BCUT2D eigenvalue weighted by Gasteiger charge is 2.28. The summed E-state index contributed by atoms with van der Waals surface area (Å²) in [6.45, 7) is 4.97. The molecule has 1 atom stereocenters. The lowest BCUT2D eigenvalue weighted by molar-refractivity contribution is 0.0744. The summed E-state index contributed by atoms with van der Waals surface area (Å²) in [5.41, 5.74) is 1.55. The SMILES string of the molecule is COc1ccc(N2CCN(C(=O)c3cn4c5c(ccc(Cl)c5c3=O)O[C@@H](C)C4)CC2)cc1. The molecule has 0 bridgehead atoms. The van der Waals surface area contributed by atoms with Gasteiger partial charge in [-0.2, -0.15) is 0 Å². The van der Waals surface area contributed by atoms with E-state index in [0.29, 0.717) is 54.4 Å². The van der Waals surface area contributed by atoms with E-state index in [0.717, 1.165) is 11.4 Å². The molecule has 2 aliphatic heterocycles. The summed E-state index contributed by atoms with van der Waals surface area (Å²) in [7, 11) is 1.64. The van der Waals surface area contributed by atoms with Crippen LogP contribution in [-0.2, 0) is 6.54 Å². The van der Waals surface area contributed by atoms with Crippen molar-refractivity contribution in [1.82, 2.24) is 9.47 Å². The Labute approximate surface area is 190 Å². The predicted octanol–water partition coefficient (Wildman–Crippen LogP) is 3.41. The standard InChI is InChI=1S/C24H24ClN3O4/c1-15-13-28-14-18(23(29)21-19(25)7-8-20(32-15)22(21)28)24(30)27-11-9-26(10-12-27)16-3-5-17(31-2)6-4-16/h3-8,14-15H,9-13H2,1-2H3/t15-/m0/s1. The second kappa shape index (κ2) is 8.06. The quantitative estimate of drug-likeness (QED) is 0.608. The second-order valence-corrected chi connectivity index (χ2v) is 8.61. The third-order valence-electron chi connectivity index (χ3n) is 6.15. The Balaban J connectivity index is 1.42. The number of carbonyl (C=O) groups excluding carboxylic acids is 1. The number of ether oxygens (including phenoxy) is 2. The average Bonchev–Trinajstić information content (AvgIpc) is 2.82. The van der Waals surface area contributed by atoms with Gasteiger partial charge in [0.05, 0.1) is 29.6 Å². The van der Waals surface area contributed by atoms with Gasteiger partial charge in [0.2, 0.25) is 5.43 Å². The van der Waals surface area contributed by atoms with Crippen molar-refractivity contribution < 1.29 is 14.3 Å². The van der Waals surface area contributed by atoms with Crippen LogP contribution in [0.3, 0.4) is 0 Å². The molecule has 1 aromatic heterocycles. The van der Waals surface area contributed by atoms with Crippen LogP contribution in [0.25, 0.3) is 10.9 Å². The molecule has 0 radical (unpaired) electrons. The molecule has 2 aromatic carbocycles. The number of halogens is 1. The maximum atomic E-state index is 13.4. The third kappa shape index (κ3) is 3.46. The number of methoxy groups -OCH3 is 1. The summed E-state index contributed by atoms with van der Waals surface area (Å²) >= 11 is 6.39. The van der Waals surface area contributed by atoms with Gasteiger partial charge < -0.3 is 23.8 Å². The van der Waals surface area contributed by atoms with Crippen LogP contribution < -0.4 is 19.8 Å². The van der Waals surface area contributed by atoms with Crippen LogP contribution in [0.2, 0.25) is 5.02 Å². The second-order valence-electron chi connectivity index (χ2n) is 8.20. The number of hydrogen-bond donors (Lipinski definition) is 0. The molecular weight excluding hydrogens is 430 g/mol. The van der Waals surface area contributed by atoms with E-state index in [4.69, 9.17) is 21.1 Å². The van der Waals surface area contributed by atoms with Gasteiger partial charge in [0, 0.05) is 38.1 Å².